The van der Waals surface area contributed by atoms with Gasteiger partial charge in [-0.1, -0.05) is 145 Å². The fourth-order valence-corrected chi connectivity index (χ4v) is 6.02. The van der Waals surface area contributed by atoms with Gasteiger partial charge in [0.2, 0.25) is 0 Å². The Bertz CT molecular complexity index is 1110. The van der Waals surface area contributed by atoms with Crippen LogP contribution in [0, 0.1) is 0 Å². The zero-order valence-corrected chi connectivity index (χ0v) is 35.8. The third-order valence-corrected chi connectivity index (χ3v) is 9.55. The minimum Gasteiger partial charge on any atom is -0.462 e. The summed E-state index contributed by atoms with van der Waals surface area (Å²) in [6, 6.07) is 0. The number of hydrogen-bond acceptors (Lipinski definition) is 7. The topological polar surface area (TPSA) is 108 Å². The van der Waals surface area contributed by atoms with Crippen LogP contribution in [0.25, 0.3) is 0 Å². The Balaban J connectivity index is 4.45. The minimum absolute atomic E-state index is 0.0231. The van der Waals surface area contributed by atoms with Crippen molar-refractivity contribution in [3.8, 4) is 0 Å². The largest absolute Gasteiger partial charge is 0.472 e. The van der Waals surface area contributed by atoms with Crippen LogP contribution in [0.1, 0.15) is 155 Å². The van der Waals surface area contributed by atoms with Crippen LogP contribution in [0.15, 0.2) is 60.8 Å². The summed E-state index contributed by atoms with van der Waals surface area (Å²) in [5, 5.41) is 0. The molecule has 1 N–H and O–H groups in total. The molecular weight excluding hydrogens is 701 g/mol. The number of allylic oxidation sites excluding steroid dienone is 10. The monoisotopic (exact) mass is 781 g/mol. The van der Waals surface area contributed by atoms with Crippen molar-refractivity contribution in [1.82, 2.24) is 0 Å². The lowest BCUT2D eigenvalue weighted by molar-refractivity contribution is -0.870. The molecule has 0 bridgehead atoms. The summed E-state index contributed by atoms with van der Waals surface area (Å²) in [4.78, 5) is 35.3. The van der Waals surface area contributed by atoms with Crippen LogP contribution in [-0.4, -0.2) is 74.9 Å². The van der Waals surface area contributed by atoms with Crippen molar-refractivity contribution in [3.63, 3.8) is 0 Å². The molecule has 312 valence electrons. The molecule has 1 unspecified atom stereocenters. The van der Waals surface area contributed by atoms with Crippen LogP contribution in [0.2, 0.25) is 0 Å². The van der Waals surface area contributed by atoms with Crippen LogP contribution in [0.4, 0.5) is 0 Å². The van der Waals surface area contributed by atoms with Gasteiger partial charge in [-0.15, -0.1) is 0 Å². The van der Waals surface area contributed by atoms with E-state index in [0.29, 0.717) is 17.4 Å². The fraction of sp³-hybridized carbons (Fsp3) is 0.727. The Morgan fingerprint density at radius 3 is 1.57 bits per heavy atom. The standard InChI is InChI=1S/C44H78NO8P/c1-6-8-10-12-14-16-18-19-20-21-22-23-24-25-27-29-31-33-35-37-44(47)53-42(41-52-54(48,49)51-39-38-45(3,4)5)40-50-43(46)36-34-32-30-28-26-17-15-13-11-9-7-2/h8,10,14,16,19-20,22-23,25,27,42H,6-7,9,11-13,15,17-18,21,24,26,28-41H2,1-5H3/p+1/b10-8-,16-14-,20-19-,23-22-,27-25-/t42-/m1/s1. The molecule has 0 heterocycles. The average Bonchev–Trinajstić information content (AvgIpc) is 3.12. The van der Waals surface area contributed by atoms with Gasteiger partial charge in [-0.3, -0.25) is 18.6 Å². The average molecular weight is 781 g/mol. The van der Waals surface area contributed by atoms with Gasteiger partial charge in [0.1, 0.15) is 19.8 Å². The first-order chi connectivity index (χ1) is 26.0. The molecule has 2 atom stereocenters. The molecule has 0 aromatic carbocycles. The van der Waals surface area contributed by atoms with Crippen molar-refractivity contribution in [2.75, 3.05) is 47.5 Å². The minimum atomic E-state index is -4.38. The van der Waals surface area contributed by atoms with Gasteiger partial charge in [-0.25, -0.2) is 4.57 Å². The van der Waals surface area contributed by atoms with E-state index >= 15 is 0 Å². The molecule has 0 aliphatic heterocycles. The fourth-order valence-electron chi connectivity index (χ4n) is 5.27. The third-order valence-electron chi connectivity index (χ3n) is 8.56. The van der Waals surface area contributed by atoms with Crippen LogP contribution in [-0.2, 0) is 32.7 Å². The molecule has 10 heteroatoms. The van der Waals surface area contributed by atoms with E-state index in [1.54, 1.807) is 0 Å². The first-order valence-corrected chi connectivity index (χ1v) is 22.5. The molecule has 0 aliphatic rings. The molecule has 0 saturated carbocycles. The van der Waals surface area contributed by atoms with Crippen molar-refractivity contribution in [2.24, 2.45) is 0 Å². The molecule has 0 aromatic heterocycles. The quantitative estimate of drug-likeness (QED) is 0.0218. The van der Waals surface area contributed by atoms with E-state index < -0.39 is 26.5 Å². The normalized spacial score (nSPS) is 14.3. The first kappa shape index (κ1) is 51.7. The summed E-state index contributed by atoms with van der Waals surface area (Å²) in [5.41, 5.74) is 0. The Kier molecular flexibility index (Phi) is 34.8. The molecule has 0 aliphatic carbocycles. The van der Waals surface area contributed by atoms with E-state index in [1.807, 2.05) is 21.1 Å². The highest BCUT2D eigenvalue weighted by atomic mass is 31.2. The zero-order chi connectivity index (χ0) is 40.0. The number of likely N-dealkylation sites (N-methyl/N-ethyl adjacent to an activating group) is 1. The predicted octanol–water partition coefficient (Wildman–Crippen LogP) is 11.7. The Morgan fingerprint density at radius 2 is 1.06 bits per heavy atom. The van der Waals surface area contributed by atoms with Crippen LogP contribution < -0.4 is 0 Å². The molecule has 9 nitrogen and oxygen atoms in total. The van der Waals surface area contributed by atoms with Gasteiger partial charge in [0.25, 0.3) is 0 Å². The number of carbonyl (C=O) groups excluding carboxylic acids is 2. The van der Waals surface area contributed by atoms with Crippen molar-refractivity contribution in [1.29, 1.82) is 0 Å². The highest BCUT2D eigenvalue weighted by Crippen LogP contribution is 2.43. The number of ether oxygens (including phenoxy) is 2. The third kappa shape index (κ3) is 39.4. The Labute approximate surface area is 330 Å². The van der Waals surface area contributed by atoms with Crippen LogP contribution >= 0.6 is 7.82 Å². The maximum atomic E-state index is 12.7. The molecule has 54 heavy (non-hydrogen) atoms. The summed E-state index contributed by atoms with van der Waals surface area (Å²) in [6.45, 7) is 4.24. The lowest BCUT2D eigenvalue weighted by Gasteiger charge is -2.24. The zero-order valence-electron chi connectivity index (χ0n) is 34.9. The van der Waals surface area contributed by atoms with Crippen molar-refractivity contribution >= 4 is 19.8 Å². The smallest absolute Gasteiger partial charge is 0.462 e. The summed E-state index contributed by atoms with van der Waals surface area (Å²) < 4.78 is 34.2. The SMILES string of the molecule is CC/C=C\C/C=C\C/C=C\C/C=C\C/C=C\CCCCCC(=O)O[C@H](COC(=O)CCCCCCCCCCCCC)COP(=O)(O)OCC[N+](C)(C)C. The Hall–Kier alpha value is -2.29. The van der Waals surface area contributed by atoms with Crippen molar-refractivity contribution in [2.45, 2.75) is 161 Å². The second-order valence-corrected chi connectivity index (χ2v) is 16.5. The maximum absolute atomic E-state index is 12.7. The van der Waals surface area contributed by atoms with Gasteiger partial charge in [0.05, 0.1) is 27.7 Å². The number of hydrogen-bond donors (Lipinski definition) is 1. The molecule has 0 radical (unpaired) electrons. The highest BCUT2D eigenvalue weighted by Gasteiger charge is 2.27. The first-order valence-electron chi connectivity index (χ1n) is 21.0. The lowest BCUT2D eigenvalue weighted by atomic mass is 10.1. The lowest BCUT2D eigenvalue weighted by Crippen LogP contribution is -2.37. The van der Waals surface area contributed by atoms with E-state index in [0.717, 1.165) is 70.6 Å². The van der Waals surface area contributed by atoms with E-state index in [9.17, 15) is 19.0 Å². The summed E-state index contributed by atoms with van der Waals surface area (Å²) in [6.07, 6.45) is 42.7. The van der Waals surface area contributed by atoms with Crippen molar-refractivity contribution < 1.29 is 42.1 Å². The summed E-state index contributed by atoms with van der Waals surface area (Å²) in [5.74, 6) is -0.841. The summed E-state index contributed by atoms with van der Waals surface area (Å²) >= 11 is 0. The van der Waals surface area contributed by atoms with Gasteiger partial charge in [-0.2, -0.15) is 0 Å². The number of esters is 2. The van der Waals surface area contributed by atoms with Gasteiger partial charge < -0.3 is 18.9 Å². The van der Waals surface area contributed by atoms with Gasteiger partial charge in [0, 0.05) is 12.8 Å². The maximum Gasteiger partial charge on any atom is 0.472 e. The molecule has 0 rings (SSSR count). The van der Waals surface area contributed by atoms with E-state index in [-0.39, 0.29) is 32.0 Å². The van der Waals surface area contributed by atoms with E-state index in [2.05, 4.69) is 74.6 Å². The number of phosphoric ester groups is 1. The second kappa shape index (κ2) is 36.4. The van der Waals surface area contributed by atoms with Gasteiger partial charge in [-0.05, 0) is 57.8 Å². The molecular formula is C44H79NO8P+. The molecule has 0 spiro atoms. The number of unbranched alkanes of at least 4 members (excludes halogenated alkanes) is 13. The predicted molar refractivity (Wildman–Crippen MR) is 224 cm³/mol. The van der Waals surface area contributed by atoms with E-state index in [1.165, 1.54) is 51.4 Å². The van der Waals surface area contributed by atoms with E-state index in [4.69, 9.17) is 18.5 Å². The van der Waals surface area contributed by atoms with Gasteiger partial charge in [0.15, 0.2) is 6.10 Å². The number of rotatable bonds is 37. The number of phosphoric acid groups is 1. The van der Waals surface area contributed by atoms with Gasteiger partial charge >= 0.3 is 19.8 Å². The molecule has 0 saturated heterocycles. The van der Waals surface area contributed by atoms with Crippen LogP contribution in [0.5, 0.6) is 0 Å². The number of quaternary nitrogens is 1. The van der Waals surface area contributed by atoms with Crippen LogP contribution in [0.3, 0.4) is 0 Å². The second-order valence-electron chi connectivity index (χ2n) is 15.0. The Morgan fingerprint density at radius 1 is 0.593 bits per heavy atom. The molecule has 0 aromatic rings. The number of nitrogens with zero attached hydrogens (tertiary/aromatic N) is 1. The number of carbonyl (C=O) groups is 2. The highest BCUT2D eigenvalue weighted by molar-refractivity contribution is 7.47. The summed E-state index contributed by atoms with van der Waals surface area (Å²) in [7, 11) is 1.45. The van der Waals surface area contributed by atoms with Crippen molar-refractivity contribution in [3.05, 3.63) is 60.8 Å². The molecule has 0 amide bonds. The molecule has 0 fully saturated rings.